The van der Waals surface area contributed by atoms with E-state index in [1.54, 1.807) is 24.3 Å². The summed E-state index contributed by atoms with van der Waals surface area (Å²) < 4.78 is 0. The number of nitrogens with one attached hydrogen (secondary N) is 1. The second kappa shape index (κ2) is 4.48. The highest BCUT2D eigenvalue weighted by Crippen LogP contribution is 2.08. The van der Waals surface area contributed by atoms with Crippen LogP contribution in [0, 0.1) is 0 Å². The summed E-state index contributed by atoms with van der Waals surface area (Å²) >= 11 is 5.67. The van der Waals surface area contributed by atoms with E-state index in [9.17, 15) is 4.79 Å². The summed E-state index contributed by atoms with van der Waals surface area (Å²) in [6.07, 6.45) is 0. The molecule has 0 atom stereocenters. The third-order valence-corrected chi connectivity index (χ3v) is 1.68. The van der Waals surface area contributed by atoms with Crippen molar-refractivity contribution < 1.29 is 4.79 Å². The van der Waals surface area contributed by atoms with E-state index in [4.69, 9.17) is 23.1 Å². The molecule has 2 amide bonds. The van der Waals surface area contributed by atoms with Crippen molar-refractivity contribution in [1.29, 1.82) is 0 Å². The lowest BCUT2D eigenvalue weighted by Crippen LogP contribution is -2.28. The van der Waals surface area contributed by atoms with E-state index >= 15 is 0 Å². The maximum Gasteiger partial charge on any atom is 0.332 e. The zero-order valence-corrected chi connectivity index (χ0v) is 7.95. The predicted octanol–water partition coefficient (Wildman–Crippen LogP) is 0.629. The summed E-state index contributed by atoms with van der Waals surface area (Å²) in [5.74, 6) is 0.167. The second-order valence-corrected chi connectivity index (χ2v) is 2.92. The van der Waals surface area contributed by atoms with E-state index < -0.39 is 6.03 Å². The standard InChI is InChI=1S/C8H9ClN4O/c9-6-3-1-5(2-4-6)7(10)12-13-8(11)14/h1-4H,(H2,10,12)(H3,11,13,14). The highest BCUT2D eigenvalue weighted by Gasteiger charge is 1.98. The molecule has 0 saturated heterocycles. The molecule has 0 aliphatic carbocycles. The summed E-state index contributed by atoms with van der Waals surface area (Å²) in [6, 6.07) is 5.95. The molecule has 0 unspecified atom stereocenters. The largest absolute Gasteiger partial charge is 0.382 e. The number of urea groups is 1. The number of nitrogens with zero attached hydrogens (tertiary/aromatic N) is 1. The van der Waals surface area contributed by atoms with Crippen LogP contribution in [0.3, 0.4) is 0 Å². The molecule has 0 saturated carbocycles. The molecule has 0 fully saturated rings. The van der Waals surface area contributed by atoms with Gasteiger partial charge in [-0.2, -0.15) is 5.10 Å². The number of amidine groups is 1. The van der Waals surface area contributed by atoms with Crippen molar-refractivity contribution in [3.8, 4) is 0 Å². The number of hydrogen-bond donors (Lipinski definition) is 3. The van der Waals surface area contributed by atoms with Gasteiger partial charge in [0.1, 0.15) is 0 Å². The first-order valence-corrected chi connectivity index (χ1v) is 4.12. The molecule has 0 heterocycles. The normalized spacial score (nSPS) is 11.1. The van der Waals surface area contributed by atoms with E-state index in [0.29, 0.717) is 10.6 Å². The fourth-order valence-corrected chi connectivity index (χ4v) is 0.927. The van der Waals surface area contributed by atoms with E-state index in [0.717, 1.165) is 0 Å². The third kappa shape index (κ3) is 2.95. The summed E-state index contributed by atoms with van der Waals surface area (Å²) in [5, 5.41) is 4.15. The van der Waals surface area contributed by atoms with E-state index in [1.807, 2.05) is 5.43 Å². The smallest absolute Gasteiger partial charge is 0.332 e. The maximum absolute atomic E-state index is 10.3. The minimum absolute atomic E-state index is 0.167. The average Bonchev–Trinajstić information content (AvgIpc) is 2.15. The molecular weight excluding hydrogens is 204 g/mol. The number of amides is 2. The molecule has 1 aromatic rings. The topological polar surface area (TPSA) is 93.5 Å². The average molecular weight is 213 g/mol. The highest BCUT2D eigenvalue weighted by atomic mass is 35.5. The Morgan fingerprint density at radius 3 is 2.36 bits per heavy atom. The van der Waals surface area contributed by atoms with Crippen LogP contribution in [-0.4, -0.2) is 11.9 Å². The van der Waals surface area contributed by atoms with Crippen molar-refractivity contribution >= 4 is 23.5 Å². The van der Waals surface area contributed by atoms with Gasteiger partial charge < -0.3 is 11.5 Å². The number of carbonyl (C=O) groups excluding carboxylic acids is 1. The SMILES string of the molecule is NC(=O)N/N=C(/N)c1ccc(Cl)cc1. The highest BCUT2D eigenvalue weighted by molar-refractivity contribution is 6.30. The van der Waals surface area contributed by atoms with Gasteiger partial charge in [-0.15, -0.1) is 0 Å². The van der Waals surface area contributed by atoms with Crippen LogP contribution in [0.25, 0.3) is 0 Å². The van der Waals surface area contributed by atoms with Crippen LogP contribution in [0.1, 0.15) is 5.56 Å². The lowest BCUT2D eigenvalue weighted by atomic mass is 10.2. The number of halogens is 1. The number of nitrogens with two attached hydrogens (primary N) is 2. The van der Waals surface area contributed by atoms with E-state index in [-0.39, 0.29) is 5.84 Å². The van der Waals surface area contributed by atoms with Crippen LogP contribution < -0.4 is 16.9 Å². The molecule has 1 aromatic carbocycles. The van der Waals surface area contributed by atoms with Crippen molar-refractivity contribution in [2.24, 2.45) is 16.6 Å². The summed E-state index contributed by atoms with van der Waals surface area (Å²) in [7, 11) is 0. The Morgan fingerprint density at radius 1 is 1.29 bits per heavy atom. The number of rotatable bonds is 2. The van der Waals surface area contributed by atoms with E-state index in [1.165, 1.54) is 0 Å². The summed E-state index contributed by atoms with van der Waals surface area (Å²) in [4.78, 5) is 10.3. The molecule has 0 aliphatic heterocycles. The van der Waals surface area contributed by atoms with E-state index in [2.05, 4.69) is 5.10 Å². The van der Waals surface area contributed by atoms with Gasteiger partial charge in [0.2, 0.25) is 0 Å². The molecule has 0 bridgehead atoms. The lowest BCUT2D eigenvalue weighted by molar-refractivity contribution is 0.249. The minimum atomic E-state index is -0.762. The Kier molecular flexibility index (Phi) is 3.30. The zero-order valence-electron chi connectivity index (χ0n) is 7.20. The Balaban J connectivity index is 2.78. The monoisotopic (exact) mass is 212 g/mol. The minimum Gasteiger partial charge on any atom is -0.382 e. The summed E-state index contributed by atoms with van der Waals surface area (Å²) in [5.41, 5.74) is 13.0. The van der Waals surface area contributed by atoms with Crippen molar-refractivity contribution in [1.82, 2.24) is 5.43 Å². The van der Waals surface area contributed by atoms with Gasteiger partial charge in [0.25, 0.3) is 0 Å². The Bertz CT molecular complexity index is 360. The molecule has 0 aliphatic rings. The third-order valence-electron chi connectivity index (χ3n) is 1.43. The van der Waals surface area contributed by atoms with Crippen LogP contribution in [0.5, 0.6) is 0 Å². The van der Waals surface area contributed by atoms with Crippen molar-refractivity contribution in [3.05, 3.63) is 34.9 Å². The molecule has 5 nitrogen and oxygen atoms in total. The Hall–Kier alpha value is -1.75. The molecule has 0 radical (unpaired) electrons. The van der Waals surface area contributed by atoms with Gasteiger partial charge in [-0.3, -0.25) is 0 Å². The first-order valence-electron chi connectivity index (χ1n) is 3.74. The molecular formula is C8H9ClN4O. The van der Waals surface area contributed by atoms with Gasteiger partial charge in [0, 0.05) is 10.6 Å². The van der Waals surface area contributed by atoms with Gasteiger partial charge in [0.15, 0.2) is 5.84 Å². The first kappa shape index (κ1) is 10.3. The number of primary amides is 1. The molecule has 0 aromatic heterocycles. The molecule has 6 heteroatoms. The van der Waals surface area contributed by atoms with Gasteiger partial charge >= 0.3 is 6.03 Å². The number of benzene rings is 1. The Morgan fingerprint density at radius 2 is 1.86 bits per heavy atom. The van der Waals surface area contributed by atoms with Crippen LogP contribution in [0.15, 0.2) is 29.4 Å². The second-order valence-electron chi connectivity index (χ2n) is 2.48. The first-order chi connectivity index (χ1) is 6.59. The molecule has 5 N–H and O–H groups in total. The summed E-state index contributed by atoms with van der Waals surface area (Å²) in [6.45, 7) is 0. The number of hydrogen-bond acceptors (Lipinski definition) is 2. The molecule has 0 spiro atoms. The maximum atomic E-state index is 10.3. The van der Waals surface area contributed by atoms with Gasteiger partial charge in [-0.25, -0.2) is 10.2 Å². The van der Waals surface area contributed by atoms with Crippen LogP contribution in [0.2, 0.25) is 5.02 Å². The quantitative estimate of drug-likeness (QED) is 0.381. The van der Waals surface area contributed by atoms with Gasteiger partial charge in [-0.05, 0) is 24.3 Å². The van der Waals surface area contributed by atoms with Crippen molar-refractivity contribution in [2.75, 3.05) is 0 Å². The molecule has 1 rings (SSSR count). The van der Waals surface area contributed by atoms with Crippen LogP contribution in [-0.2, 0) is 0 Å². The fraction of sp³-hybridized carbons (Fsp3) is 0. The van der Waals surface area contributed by atoms with Crippen LogP contribution >= 0.6 is 11.6 Å². The molecule has 74 valence electrons. The zero-order chi connectivity index (χ0) is 10.6. The fourth-order valence-electron chi connectivity index (χ4n) is 0.801. The van der Waals surface area contributed by atoms with Crippen molar-refractivity contribution in [2.45, 2.75) is 0 Å². The van der Waals surface area contributed by atoms with Crippen molar-refractivity contribution in [3.63, 3.8) is 0 Å². The number of hydrazone groups is 1. The number of carbonyl (C=O) groups is 1. The van der Waals surface area contributed by atoms with Crippen LogP contribution in [0.4, 0.5) is 4.79 Å². The van der Waals surface area contributed by atoms with Gasteiger partial charge in [0.05, 0.1) is 0 Å². The van der Waals surface area contributed by atoms with Gasteiger partial charge in [-0.1, -0.05) is 11.6 Å². The predicted molar refractivity (Wildman–Crippen MR) is 54.9 cm³/mol. The Labute approximate surface area is 85.7 Å². The molecule has 14 heavy (non-hydrogen) atoms. The lowest BCUT2D eigenvalue weighted by Gasteiger charge is -2.00.